The van der Waals surface area contributed by atoms with Crippen LogP contribution >= 0.6 is 0 Å². The zero-order valence-electron chi connectivity index (χ0n) is 13.9. The van der Waals surface area contributed by atoms with E-state index < -0.39 is 0 Å². The average Bonchev–Trinajstić information content (AvgIpc) is 3.31. The number of aliphatic hydroxyl groups excluding tert-OH is 1. The third kappa shape index (κ3) is 3.17. The van der Waals surface area contributed by atoms with Crippen molar-refractivity contribution in [2.45, 2.75) is 31.4 Å². The Morgan fingerprint density at radius 1 is 1.28 bits per heavy atom. The lowest BCUT2D eigenvalue weighted by Crippen LogP contribution is -2.53. The maximum absolute atomic E-state index is 13.0. The van der Waals surface area contributed by atoms with Gasteiger partial charge in [-0.2, -0.15) is 0 Å². The number of amides is 1. The molecule has 2 aromatic rings. The minimum Gasteiger partial charge on any atom is -0.393 e. The number of hydrogen-bond donors (Lipinski definition) is 1. The first-order chi connectivity index (χ1) is 12.2. The summed E-state index contributed by atoms with van der Waals surface area (Å²) in [5.41, 5.74) is 1.11. The Hall–Kier alpha value is -2.25. The largest absolute Gasteiger partial charge is 0.393 e. The van der Waals surface area contributed by atoms with E-state index in [0.717, 1.165) is 24.8 Å². The van der Waals surface area contributed by atoms with Crippen molar-refractivity contribution in [3.63, 3.8) is 0 Å². The van der Waals surface area contributed by atoms with Crippen molar-refractivity contribution in [1.29, 1.82) is 0 Å². The van der Waals surface area contributed by atoms with Gasteiger partial charge in [-0.05, 0) is 25.0 Å². The van der Waals surface area contributed by atoms with Crippen LogP contribution in [0.2, 0.25) is 0 Å². The molecule has 2 fully saturated rings. The second-order valence-corrected chi connectivity index (χ2v) is 6.62. The first kappa shape index (κ1) is 16.2. The van der Waals surface area contributed by atoms with Crippen LogP contribution in [0.15, 0.2) is 35.1 Å². The number of aliphatic hydroxyl groups is 1. The molecular formula is C18H21N3O4. The van der Waals surface area contributed by atoms with E-state index in [-0.39, 0.29) is 29.7 Å². The highest BCUT2D eigenvalue weighted by Crippen LogP contribution is 2.33. The van der Waals surface area contributed by atoms with Gasteiger partial charge in [0.05, 0.1) is 25.4 Å². The molecule has 0 radical (unpaired) electrons. The summed E-state index contributed by atoms with van der Waals surface area (Å²) < 4.78 is 10.9. The summed E-state index contributed by atoms with van der Waals surface area (Å²) in [5, 5.41) is 14.2. The van der Waals surface area contributed by atoms with Gasteiger partial charge in [-0.1, -0.05) is 11.6 Å². The summed E-state index contributed by atoms with van der Waals surface area (Å²) in [5.74, 6) is 0.434. The standard InChI is InChI=1S/C18H21N3O4/c22-16-3-1-2-13(16)15-11-24-9-8-21(15)18(23)14-10-17(25-20-14)12-4-6-19-7-5-12/h4-7,10,13,15-16,22H,1-3,8-9,11H2/t13-,15+,16-/m0/s1. The van der Waals surface area contributed by atoms with Gasteiger partial charge in [0, 0.05) is 36.5 Å². The molecule has 0 bridgehead atoms. The predicted molar refractivity (Wildman–Crippen MR) is 88.7 cm³/mol. The fourth-order valence-corrected chi connectivity index (χ4v) is 3.82. The normalized spacial score (nSPS) is 26.8. The lowest BCUT2D eigenvalue weighted by molar-refractivity contribution is -0.0386. The summed E-state index contributed by atoms with van der Waals surface area (Å²) in [6.45, 7) is 1.47. The van der Waals surface area contributed by atoms with Gasteiger partial charge < -0.3 is 19.3 Å². The fourth-order valence-electron chi connectivity index (χ4n) is 3.82. The molecule has 1 saturated heterocycles. The van der Waals surface area contributed by atoms with E-state index in [1.165, 1.54) is 0 Å². The number of pyridine rings is 1. The molecule has 0 aromatic carbocycles. The topological polar surface area (TPSA) is 88.7 Å². The van der Waals surface area contributed by atoms with Crippen molar-refractivity contribution in [2.75, 3.05) is 19.8 Å². The summed E-state index contributed by atoms with van der Waals surface area (Å²) in [7, 11) is 0. The highest BCUT2D eigenvalue weighted by molar-refractivity contribution is 5.93. The first-order valence-electron chi connectivity index (χ1n) is 8.68. The molecule has 132 valence electrons. The van der Waals surface area contributed by atoms with Crippen LogP contribution in [0.1, 0.15) is 29.8 Å². The molecule has 0 unspecified atom stereocenters. The first-order valence-corrected chi connectivity index (χ1v) is 8.68. The van der Waals surface area contributed by atoms with E-state index in [2.05, 4.69) is 10.1 Å². The second-order valence-electron chi connectivity index (χ2n) is 6.62. The smallest absolute Gasteiger partial charge is 0.276 e. The molecule has 3 atom stereocenters. The van der Waals surface area contributed by atoms with E-state index in [4.69, 9.17) is 9.26 Å². The molecule has 7 heteroatoms. The third-order valence-electron chi connectivity index (χ3n) is 5.15. The van der Waals surface area contributed by atoms with E-state index in [0.29, 0.717) is 25.5 Å². The van der Waals surface area contributed by atoms with E-state index in [9.17, 15) is 9.90 Å². The van der Waals surface area contributed by atoms with Gasteiger partial charge in [0.1, 0.15) is 0 Å². The zero-order valence-corrected chi connectivity index (χ0v) is 13.9. The molecule has 4 rings (SSSR count). The third-order valence-corrected chi connectivity index (χ3v) is 5.15. The molecule has 1 aliphatic heterocycles. The van der Waals surface area contributed by atoms with E-state index in [1.807, 2.05) is 0 Å². The molecule has 3 heterocycles. The number of nitrogens with zero attached hydrogens (tertiary/aromatic N) is 3. The Morgan fingerprint density at radius 3 is 2.88 bits per heavy atom. The van der Waals surface area contributed by atoms with Crippen molar-refractivity contribution in [1.82, 2.24) is 15.0 Å². The lowest BCUT2D eigenvalue weighted by atomic mass is 9.94. The second kappa shape index (κ2) is 6.93. The van der Waals surface area contributed by atoms with Crippen LogP contribution in [-0.2, 0) is 4.74 Å². The molecule has 2 aromatic heterocycles. The number of morpholine rings is 1. The number of carbonyl (C=O) groups is 1. The van der Waals surface area contributed by atoms with Gasteiger partial charge in [-0.15, -0.1) is 0 Å². The predicted octanol–water partition coefficient (Wildman–Crippen LogP) is 1.74. The van der Waals surface area contributed by atoms with Crippen LogP contribution in [0.25, 0.3) is 11.3 Å². The molecule has 2 aliphatic rings. The Kier molecular flexibility index (Phi) is 4.50. The lowest BCUT2D eigenvalue weighted by Gasteiger charge is -2.39. The summed E-state index contributed by atoms with van der Waals surface area (Å²) in [4.78, 5) is 18.7. The molecule has 0 spiro atoms. The molecule has 1 aliphatic carbocycles. The van der Waals surface area contributed by atoms with Crippen LogP contribution in [0.4, 0.5) is 0 Å². The fraction of sp³-hybridized carbons (Fsp3) is 0.500. The Bertz CT molecular complexity index is 733. The number of aromatic nitrogens is 2. The number of hydrogen-bond acceptors (Lipinski definition) is 6. The summed E-state index contributed by atoms with van der Waals surface area (Å²) in [6, 6.07) is 5.16. The van der Waals surface area contributed by atoms with Crippen LogP contribution in [0, 0.1) is 5.92 Å². The van der Waals surface area contributed by atoms with E-state index >= 15 is 0 Å². The van der Waals surface area contributed by atoms with Gasteiger partial charge in [0.25, 0.3) is 5.91 Å². The molecule has 1 N–H and O–H groups in total. The van der Waals surface area contributed by atoms with Crippen LogP contribution in [0.5, 0.6) is 0 Å². The minimum atomic E-state index is -0.369. The molecule has 1 amide bonds. The van der Waals surface area contributed by atoms with Gasteiger partial charge in [0.15, 0.2) is 11.5 Å². The van der Waals surface area contributed by atoms with E-state index in [1.54, 1.807) is 35.5 Å². The summed E-state index contributed by atoms with van der Waals surface area (Å²) in [6.07, 6.45) is 5.66. The highest BCUT2D eigenvalue weighted by Gasteiger charge is 2.40. The SMILES string of the molecule is O=C(c1cc(-c2ccncc2)on1)N1CCOC[C@@H]1[C@@H]1CCC[C@@H]1O. The maximum atomic E-state index is 13.0. The number of rotatable bonds is 3. The quantitative estimate of drug-likeness (QED) is 0.913. The Labute approximate surface area is 145 Å². The zero-order chi connectivity index (χ0) is 17.2. The van der Waals surface area contributed by atoms with Crippen molar-refractivity contribution < 1.29 is 19.2 Å². The molecular weight excluding hydrogens is 322 g/mol. The van der Waals surface area contributed by atoms with Crippen LogP contribution in [-0.4, -0.2) is 58.0 Å². The molecule has 25 heavy (non-hydrogen) atoms. The van der Waals surface area contributed by atoms with Crippen molar-refractivity contribution in [2.24, 2.45) is 5.92 Å². The van der Waals surface area contributed by atoms with Gasteiger partial charge in [0.2, 0.25) is 0 Å². The molecule has 1 saturated carbocycles. The highest BCUT2D eigenvalue weighted by atomic mass is 16.5. The van der Waals surface area contributed by atoms with Crippen molar-refractivity contribution >= 4 is 5.91 Å². The maximum Gasteiger partial charge on any atom is 0.276 e. The number of ether oxygens (including phenoxy) is 1. The van der Waals surface area contributed by atoms with Crippen LogP contribution in [0.3, 0.4) is 0 Å². The van der Waals surface area contributed by atoms with Crippen molar-refractivity contribution in [3.8, 4) is 11.3 Å². The minimum absolute atomic E-state index is 0.0656. The van der Waals surface area contributed by atoms with Gasteiger partial charge >= 0.3 is 0 Å². The Balaban J connectivity index is 1.55. The van der Waals surface area contributed by atoms with Crippen molar-refractivity contribution in [3.05, 3.63) is 36.3 Å². The number of carbonyl (C=O) groups excluding carboxylic acids is 1. The van der Waals surface area contributed by atoms with Gasteiger partial charge in [-0.25, -0.2) is 0 Å². The Morgan fingerprint density at radius 2 is 2.12 bits per heavy atom. The average molecular weight is 343 g/mol. The molecule has 7 nitrogen and oxygen atoms in total. The van der Waals surface area contributed by atoms with Gasteiger partial charge in [-0.3, -0.25) is 9.78 Å². The monoisotopic (exact) mass is 343 g/mol. The summed E-state index contributed by atoms with van der Waals surface area (Å²) >= 11 is 0. The van der Waals surface area contributed by atoms with Crippen LogP contribution < -0.4 is 0 Å².